The fourth-order valence-electron chi connectivity index (χ4n) is 3.42. The van der Waals surface area contributed by atoms with Gasteiger partial charge in [0, 0.05) is 24.4 Å². The van der Waals surface area contributed by atoms with E-state index >= 15 is 0 Å². The molecular weight excluding hydrogens is 330 g/mol. The van der Waals surface area contributed by atoms with E-state index in [4.69, 9.17) is 10.00 Å². The van der Waals surface area contributed by atoms with Crippen LogP contribution in [0.15, 0.2) is 18.2 Å². The second-order valence-electron chi connectivity index (χ2n) is 8.67. The average Bonchev–Trinajstić information content (AvgIpc) is 2.70. The summed E-state index contributed by atoms with van der Waals surface area (Å²) in [6.07, 6.45) is 1.20. The molecule has 138 valence electrons. The number of urea groups is 1. The van der Waals surface area contributed by atoms with Crippen LogP contribution < -0.4 is 10.1 Å². The molecule has 6 nitrogen and oxygen atoms in total. The van der Waals surface area contributed by atoms with E-state index in [9.17, 15) is 9.59 Å². The molecule has 6 heteroatoms. The SMILES string of the molecule is CC1(C)NC(=O)N([C@H]2C[C@@H](Oc3ccc(C#N)cc3C(C)(C)C)C2)C1=O. The number of hydrogen-bond donors (Lipinski definition) is 1. The second-order valence-corrected chi connectivity index (χ2v) is 8.67. The van der Waals surface area contributed by atoms with Crippen molar-refractivity contribution in [3.8, 4) is 11.8 Å². The molecule has 1 aliphatic heterocycles. The van der Waals surface area contributed by atoms with Gasteiger partial charge in [-0.3, -0.25) is 9.69 Å². The first kappa shape index (κ1) is 18.2. The minimum Gasteiger partial charge on any atom is -0.490 e. The van der Waals surface area contributed by atoms with E-state index in [1.807, 2.05) is 12.1 Å². The molecule has 3 amide bonds. The van der Waals surface area contributed by atoms with Crippen LogP contribution >= 0.6 is 0 Å². The Kier molecular flexibility index (Phi) is 4.22. The number of ether oxygens (including phenoxy) is 1. The molecule has 1 aromatic rings. The van der Waals surface area contributed by atoms with Crippen LogP contribution in [-0.2, 0) is 10.2 Å². The van der Waals surface area contributed by atoms with Gasteiger partial charge in [0.1, 0.15) is 17.4 Å². The normalized spacial score (nSPS) is 24.7. The van der Waals surface area contributed by atoms with Gasteiger partial charge in [-0.15, -0.1) is 0 Å². The second kappa shape index (κ2) is 6.01. The summed E-state index contributed by atoms with van der Waals surface area (Å²) in [4.78, 5) is 25.8. The lowest BCUT2D eigenvalue weighted by molar-refractivity contribution is -0.134. The highest BCUT2D eigenvalue weighted by Crippen LogP contribution is 2.37. The number of nitrogens with zero attached hydrogens (tertiary/aromatic N) is 2. The fourth-order valence-corrected chi connectivity index (χ4v) is 3.42. The van der Waals surface area contributed by atoms with Gasteiger partial charge in [0.25, 0.3) is 5.91 Å². The highest BCUT2D eigenvalue weighted by Gasteiger charge is 2.51. The maximum atomic E-state index is 12.4. The average molecular weight is 355 g/mol. The Hall–Kier alpha value is -2.55. The molecule has 1 saturated carbocycles. The Morgan fingerprint density at radius 3 is 2.42 bits per heavy atom. The molecule has 0 bridgehead atoms. The maximum absolute atomic E-state index is 12.4. The van der Waals surface area contributed by atoms with E-state index in [0.29, 0.717) is 18.4 Å². The van der Waals surface area contributed by atoms with Gasteiger partial charge in [-0.05, 0) is 37.5 Å². The van der Waals surface area contributed by atoms with Gasteiger partial charge in [0.2, 0.25) is 0 Å². The van der Waals surface area contributed by atoms with Crippen LogP contribution in [0.1, 0.15) is 58.6 Å². The standard InChI is InChI=1S/C20H25N3O3/c1-19(2,3)15-8-12(11-21)6-7-16(15)26-14-9-13(10-14)23-17(24)20(4,5)22-18(23)25/h6-8,13-14H,9-10H2,1-5H3,(H,22,25)/t13-,14+. The molecule has 3 rings (SSSR count). The van der Waals surface area contributed by atoms with Crippen molar-refractivity contribution in [1.82, 2.24) is 10.2 Å². The zero-order valence-electron chi connectivity index (χ0n) is 15.9. The lowest BCUT2D eigenvalue weighted by atomic mass is 9.84. The van der Waals surface area contributed by atoms with E-state index in [2.05, 4.69) is 32.2 Å². The number of rotatable bonds is 3. The zero-order valence-corrected chi connectivity index (χ0v) is 15.9. The van der Waals surface area contributed by atoms with Crippen molar-refractivity contribution in [3.05, 3.63) is 29.3 Å². The van der Waals surface area contributed by atoms with Crippen LogP contribution in [-0.4, -0.2) is 34.5 Å². The largest absolute Gasteiger partial charge is 0.490 e. The molecule has 1 aliphatic carbocycles. The summed E-state index contributed by atoms with van der Waals surface area (Å²) in [6.45, 7) is 9.66. The van der Waals surface area contributed by atoms with Gasteiger partial charge in [-0.1, -0.05) is 20.8 Å². The summed E-state index contributed by atoms with van der Waals surface area (Å²) in [7, 11) is 0. The maximum Gasteiger partial charge on any atom is 0.325 e. The molecule has 0 unspecified atom stereocenters. The van der Waals surface area contributed by atoms with Crippen LogP contribution in [0.25, 0.3) is 0 Å². The van der Waals surface area contributed by atoms with Crippen molar-refractivity contribution in [1.29, 1.82) is 5.26 Å². The number of imide groups is 1. The Morgan fingerprint density at radius 1 is 1.27 bits per heavy atom. The van der Waals surface area contributed by atoms with Crippen molar-refractivity contribution in [3.63, 3.8) is 0 Å². The van der Waals surface area contributed by atoms with Crippen LogP contribution in [0.5, 0.6) is 5.75 Å². The van der Waals surface area contributed by atoms with Crippen LogP contribution in [0.3, 0.4) is 0 Å². The number of carbonyl (C=O) groups excluding carboxylic acids is 2. The first-order chi connectivity index (χ1) is 12.0. The monoisotopic (exact) mass is 355 g/mol. The summed E-state index contributed by atoms with van der Waals surface area (Å²) >= 11 is 0. The van der Waals surface area contributed by atoms with Crippen molar-refractivity contribution in [2.24, 2.45) is 0 Å². The van der Waals surface area contributed by atoms with E-state index in [1.54, 1.807) is 19.9 Å². The Morgan fingerprint density at radius 2 is 1.92 bits per heavy atom. The number of carbonyl (C=O) groups is 2. The summed E-state index contributed by atoms with van der Waals surface area (Å²) in [5.41, 5.74) is 0.599. The number of amides is 3. The molecule has 0 spiro atoms. The molecule has 26 heavy (non-hydrogen) atoms. The first-order valence-electron chi connectivity index (χ1n) is 8.90. The third-order valence-corrected chi connectivity index (χ3v) is 5.04. The third-order valence-electron chi connectivity index (χ3n) is 5.04. The number of benzene rings is 1. The summed E-state index contributed by atoms with van der Waals surface area (Å²) < 4.78 is 6.14. The van der Waals surface area contributed by atoms with Gasteiger partial charge in [0.05, 0.1) is 11.6 Å². The molecular formula is C20H25N3O3. The molecule has 1 aromatic carbocycles. The topological polar surface area (TPSA) is 82.4 Å². The van der Waals surface area contributed by atoms with Gasteiger partial charge in [-0.2, -0.15) is 5.26 Å². The molecule has 0 radical (unpaired) electrons. The van der Waals surface area contributed by atoms with E-state index < -0.39 is 5.54 Å². The lowest BCUT2D eigenvalue weighted by Gasteiger charge is -2.40. The van der Waals surface area contributed by atoms with E-state index in [0.717, 1.165) is 11.3 Å². The Balaban J connectivity index is 1.70. The van der Waals surface area contributed by atoms with Gasteiger partial charge in [-0.25, -0.2) is 4.79 Å². The van der Waals surface area contributed by atoms with Crippen LogP contribution in [0.4, 0.5) is 4.79 Å². The minimum absolute atomic E-state index is 0.0432. The minimum atomic E-state index is -0.838. The van der Waals surface area contributed by atoms with Crippen molar-refractivity contribution in [2.45, 2.75) is 70.6 Å². The molecule has 1 heterocycles. The lowest BCUT2D eigenvalue weighted by Crippen LogP contribution is -2.52. The molecule has 0 atom stereocenters. The molecule has 1 N–H and O–H groups in total. The van der Waals surface area contributed by atoms with Crippen LogP contribution in [0.2, 0.25) is 0 Å². The molecule has 1 saturated heterocycles. The van der Waals surface area contributed by atoms with Gasteiger partial charge < -0.3 is 10.1 Å². The number of nitrogens with one attached hydrogen (secondary N) is 1. The van der Waals surface area contributed by atoms with Crippen LogP contribution in [0, 0.1) is 11.3 Å². The quantitative estimate of drug-likeness (QED) is 0.845. The third kappa shape index (κ3) is 3.14. The number of hydrogen-bond acceptors (Lipinski definition) is 4. The Labute approximate surface area is 154 Å². The summed E-state index contributed by atoms with van der Waals surface area (Å²) in [5.74, 6) is 0.581. The number of nitriles is 1. The molecule has 2 aliphatic rings. The first-order valence-corrected chi connectivity index (χ1v) is 8.90. The summed E-state index contributed by atoms with van der Waals surface area (Å²) in [5, 5.41) is 11.9. The van der Waals surface area contributed by atoms with E-state index in [-0.39, 0.29) is 29.5 Å². The Bertz CT molecular complexity index is 795. The van der Waals surface area contributed by atoms with Crippen molar-refractivity contribution >= 4 is 11.9 Å². The highest BCUT2D eigenvalue weighted by molar-refractivity contribution is 6.06. The van der Waals surface area contributed by atoms with Crippen molar-refractivity contribution in [2.75, 3.05) is 0 Å². The fraction of sp³-hybridized carbons (Fsp3) is 0.550. The predicted octanol–water partition coefficient (Wildman–Crippen LogP) is 3.10. The smallest absolute Gasteiger partial charge is 0.325 e. The predicted molar refractivity (Wildman–Crippen MR) is 96.8 cm³/mol. The molecule has 0 aromatic heterocycles. The van der Waals surface area contributed by atoms with Crippen molar-refractivity contribution < 1.29 is 14.3 Å². The zero-order chi connectivity index (χ0) is 19.3. The van der Waals surface area contributed by atoms with Gasteiger partial charge in [0.15, 0.2) is 0 Å². The molecule has 2 fully saturated rings. The van der Waals surface area contributed by atoms with Gasteiger partial charge >= 0.3 is 6.03 Å². The summed E-state index contributed by atoms with van der Waals surface area (Å²) in [6, 6.07) is 7.18. The highest BCUT2D eigenvalue weighted by atomic mass is 16.5. The van der Waals surface area contributed by atoms with E-state index in [1.165, 1.54) is 4.90 Å².